The summed E-state index contributed by atoms with van der Waals surface area (Å²) in [5.74, 6) is 0.105. The van der Waals surface area contributed by atoms with Gasteiger partial charge in [-0.05, 0) is 11.6 Å². The highest BCUT2D eigenvalue weighted by Gasteiger charge is 2.29. The second-order valence-electron chi connectivity index (χ2n) is 3.96. The van der Waals surface area contributed by atoms with E-state index in [0.29, 0.717) is 28.3 Å². The van der Waals surface area contributed by atoms with E-state index in [0.717, 1.165) is 5.56 Å². The number of rotatable bonds is 3. The van der Waals surface area contributed by atoms with Crippen LogP contribution in [0.3, 0.4) is 0 Å². The van der Waals surface area contributed by atoms with E-state index >= 15 is 0 Å². The van der Waals surface area contributed by atoms with Crippen molar-refractivity contribution in [1.82, 2.24) is 4.98 Å². The number of halogens is 1. The van der Waals surface area contributed by atoms with Crippen LogP contribution in [0, 0.1) is 0 Å². The molecule has 1 atom stereocenters. The van der Waals surface area contributed by atoms with Gasteiger partial charge in [-0.2, -0.15) is 4.98 Å². The molecule has 3 rings (SSSR count). The topological polar surface area (TPSA) is 68.7 Å². The van der Waals surface area contributed by atoms with Gasteiger partial charge < -0.3 is 14.6 Å². The van der Waals surface area contributed by atoms with Crippen molar-refractivity contribution in [3.63, 3.8) is 0 Å². The Morgan fingerprint density at radius 3 is 3.11 bits per heavy atom. The molecule has 1 aliphatic rings. The molecule has 1 N–H and O–H groups in total. The van der Waals surface area contributed by atoms with E-state index in [2.05, 4.69) is 4.98 Å². The van der Waals surface area contributed by atoms with Gasteiger partial charge in [-0.15, -0.1) is 0 Å². The van der Waals surface area contributed by atoms with Crippen LogP contribution in [0.5, 0.6) is 16.7 Å². The van der Waals surface area contributed by atoms with Crippen LogP contribution in [-0.2, 0) is 11.2 Å². The van der Waals surface area contributed by atoms with E-state index in [1.807, 2.05) is 0 Å². The fourth-order valence-corrected chi connectivity index (χ4v) is 2.60. The summed E-state index contributed by atoms with van der Waals surface area (Å²) in [5.41, 5.74) is 0.858. The third-order valence-electron chi connectivity index (χ3n) is 2.65. The van der Waals surface area contributed by atoms with Crippen molar-refractivity contribution < 1.29 is 19.4 Å². The number of nitrogens with zero attached hydrogens (tertiary/aromatic N) is 1. The molecule has 2 heterocycles. The number of thiazole rings is 1. The van der Waals surface area contributed by atoms with E-state index in [-0.39, 0.29) is 0 Å². The predicted octanol–water partition coefficient (Wildman–Crippen LogP) is 2.98. The number of ether oxygens (including phenoxy) is 2. The number of hydrogen-bond donors (Lipinski definition) is 1. The molecule has 98 valence electrons. The average Bonchev–Trinajstić information content (AvgIpc) is 2.95. The molecule has 1 aromatic carbocycles. The van der Waals surface area contributed by atoms with Gasteiger partial charge in [-0.25, -0.2) is 4.79 Å². The van der Waals surface area contributed by atoms with Gasteiger partial charge in [0, 0.05) is 17.9 Å². The summed E-state index contributed by atoms with van der Waals surface area (Å²) in [6.45, 7) is 0. The van der Waals surface area contributed by atoms with Crippen molar-refractivity contribution in [3.8, 4) is 16.7 Å². The van der Waals surface area contributed by atoms with E-state index in [1.54, 1.807) is 23.6 Å². The molecular formula is C12H8ClNO4S. The summed E-state index contributed by atoms with van der Waals surface area (Å²) >= 11 is 6.99. The number of fused-ring (bicyclic) bond motifs is 1. The molecule has 0 fully saturated rings. The molecule has 5 nitrogen and oxygen atoms in total. The molecule has 0 radical (unpaired) electrons. The monoisotopic (exact) mass is 297 g/mol. The standard InChI is InChI=1S/C12H8ClNO4S/c13-10-5-19-12(14-10)17-7-2-1-6-3-9(11(15)16)18-8(6)4-7/h1-2,4-5,9H,3H2,(H,15,16). The van der Waals surface area contributed by atoms with Crippen LogP contribution in [0.4, 0.5) is 0 Å². The summed E-state index contributed by atoms with van der Waals surface area (Å²) < 4.78 is 10.8. The first-order chi connectivity index (χ1) is 9.11. The van der Waals surface area contributed by atoms with E-state index in [1.165, 1.54) is 11.3 Å². The maximum Gasteiger partial charge on any atom is 0.345 e. The summed E-state index contributed by atoms with van der Waals surface area (Å²) in [7, 11) is 0. The zero-order chi connectivity index (χ0) is 13.4. The summed E-state index contributed by atoms with van der Waals surface area (Å²) in [4.78, 5) is 14.8. The number of hydrogen-bond acceptors (Lipinski definition) is 5. The van der Waals surface area contributed by atoms with Crippen LogP contribution < -0.4 is 9.47 Å². The van der Waals surface area contributed by atoms with Crippen molar-refractivity contribution in [2.24, 2.45) is 0 Å². The van der Waals surface area contributed by atoms with Crippen LogP contribution >= 0.6 is 22.9 Å². The summed E-state index contributed by atoms with van der Waals surface area (Å²) in [5, 5.41) is 11.4. The fourth-order valence-electron chi connectivity index (χ4n) is 1.80. The molecule has 2 aromatic rings. The molecule has 1 aromatic heterocycles. The van der Waals surface area contributed by atoms with Crippen molar-refractivity contribution >= 4 is 28.9 Å². The molecule has 0 saturated heterocycles. The third kappa shape index (κ3) is 2.50. The lowest BCUT2D eigenvalue weighted by molar-refractivity contribution is -0.144. The Labute approximate surface area is 117 Å². The largest absolute Gasteiger partial charge is 0.478 e. The molecular weight excluding hydrogens is 290 g/mol. The van der Waals surface area contributed by atoms with E-state index in [9.17, 15) is 4.79 Å². The summed E-state index contributed by atoms with van der Waals surface area (Å²) in [6.07, 6.45) is -0.451. The minimum absolute atomic E-state index is 0.369. The van der Waals surface area contributed by atoms with Crippen molar-refractivity contribution in [1.29, 1.82) is 0 Å². The van der Waals surface area contributed by atoms with Gasteiger partial charge in [-0.1, -0.05) is 29.0 Å². The Balaban J connectivity index is 1.80. The minimum atomic E-state index is -0.967. The third-order valence-corrected chi connectivity index (χ3v) is 3.69. The normalized spacial score (nSPS) is 16.8. The first-order valence-electron chi connectivity index (χ1n) is 5.43. The summed E-state index contributed by atoms with van der Waals surface area (Å²) in [6, 6.07) is 5.21. The van der Waals surface area contributed by atoms with Crippen LogP contribution in [0.15, 0.2) is 23.6 Å². The quantitative estimate of drug-likeness (QED) is 0.943. The van der Waals surface area contributed by atoms with E-state index in [4.69, 9.17) is 26.2 Å². The SMILES string of the molecule is O=C(O)C1Cc2ccc(Oc3nc(Cl)cs3)cc2O1. The number of carboxylic acid groups (broad SMARTS) is 1. The van der Waals surface area contributed by atoms with Gasteiger partial charge in [0.25, 0.3) is 5.19 Å². The molecule has 0 aliphatic carbocycles. The van der Waals surface area contributed by atoms with Gasteiger partial charge >= 0.3 is 5.97 Å². The van der Waals surface area contributed by atoms with Gasteiger partial charge in [0.1, 0.15) is 16.7 Å². The Kier molecular flexibility index (Phi) is 3.04. The highest BCUT2D eigenvalue weighted by molar-refractivity contribution is 7.11. The lowest BCUT2D eigenvalue weighted by Gasteiger charge is -2.05. The highest BCUT2D eigenvalue weighted by atomic mass is 35.5. The second-order valence-corrected chi connectivity index (χ2v) is 5.16. The molecule has 1 aliphatic heterocycles. The number of aromatic nitrogens is 1. The molecule has 7 heteroatoms. The van der Waals surface area contributed by atoms with Gasteiger partial charge in [-0.3, -0.25) is 0 Å². The Hall–Kier alpha value is -1.79. The number of carboxylic acids is 1. The number of aliphatic carboxylic acids is 1. The molecule has 1 unspecified atom stereocenters. The van der Waals surface area contributed by atoms with Crippen molar-refractivity contribution in [2.45, 2.75) is 12.5 Å². The first-order valence-corrected chi connectivity index (χ1v) is 6.69. The highest BCUT2D eigenvalue weighted by Crippen LogP contribution is 2.35. The smallest absolute Gasteiger partial charge is 0.345 e. The molecule has 19 heavy (non-hydrogen) atoms. The predicted molar refractivity (Wildman–Crippen MR) is 69.4 cm³/mol. The Morgan fingerprint density at radius 2 is 2.42 bits per heavy atom. The maximum atomic E-state index is 10.9. The van der Waals surface area contributed by atoms with E-state index < -0.39 is 12.1 Å². The first kappa shape index (κ1) is 12.3. The molecule has 0 amide bonds. The zero-order valence-corrected chi connectivity index (χ0v) is 11.1. The van der Waals surface area contributed by atoms with Gasteiger partial charge in [0.15, 0.2) is 6.10 Å². The molecule has 0 saturated carbocycles. The van der Waals surface area contributed by atoms with Crippen LogP contribution in [-0.4, -0.2) is 22.2 Å². The van der Waals surface area contributed by atoms with Crippen LogP contribution in [0.1, 0.15) is 5.56 Å². The Bertz CT molecular complexity index is 642. The maximum absolute atomic E-state index is 10.9. The molecule has 0 bridgehead atoms. The fraction of sp³-hybridized carbons (Fsp3) is 0.167. The zero-order valence-electron chi connectivity index (χ0n) is 9.50. The van der Waals surface area contributed by atoms with Crippen LogP contribution in [0.2, 0.25) is 5.15 Å². The van der Waals surface area contributed by atoms with Gasteiger partial charge in [0.05, 0.1) is 0 Å². The second kappa shape index (κ2) is 4.71. The van der Waals surface area contributed by atoms with Crippen molar-refractivity contribution in [3.05, 3.63) is 34.3 Å². The van der Waals surface area contributed by atoms with Gasteiger partial charge in [0.2, 0.25) is 0 Å². The van der Waals surface area contributed by atoms with Crippen molar-refractivity contribution in [2.75, 3.05) is 0 Å². The number of benzene rings is 1. The van der Waals surface area contributed by atoms with Crippen LogP contribution in [0.25, 0.3) is 0 Å². The number of carbonyl (C=O) groups is 1. The Morgan fingerprint density at radius 1 is 1.58 bits per heavy atom. The lowest BCUT2D eigenvalue weighted by Crippen LogP contribution is -2.24. The molecule has 0 spiro atoms. The average molecular weight is 298 g/mol. The lowest BCUT2D eigenvalue weighted by atomic mass is 10.1. The minimum Gasteiger partial charge on any atom is -0.478 e.